The highest BCUT2D eigenvalue weighted by Gasteiger charge is 2.53. The highest BCUT2D eigenvalue weighted by molar-refractivity contribution is 5.89. The van der Waals surface area contributed by atoms with E-state index in [-0.39, 0.29) is 17.5 Å². The molecule has 1 saturated carbocycles. The maximum atomic E-state index is 14.1. The van der Waals surface area contributed by atoms with E-state index in [1.165, 1.54) is 5.56 Å². The van der Waals surface area contributed by atoms with E-state index in [9.17, 15) is 18.0 Å². The molecule has 5 rings (SSSR count). The number of ether oxygens (including phenoxy) is 3. The van der Waals surface area contributed by atoms with Crippen LogP contribution < -0.4 is 20.1 Å². The zero-order valence-corrected chi connectivity index (χ0v) is 21.7. The average Bonchev–Trinajstić information content (AvgIpc) is 3.33. The van der Waals surface area contributed by atoms with Gasteiger partial charge in [-0.3, -0.25) is 4.90 Å². The lowest BCUT2D eigenvalue weighted by molar-refractivity contribution is 0.0143. The van der Waals surface area contributed by atoms with E-state index in [2.05, 4.69) is 27.7 Å². The molecule has 3 fully saturated rings. The Balaban J connectivity index is 1.37. The third-order valence-corrected chi connectivity index (χ3v) is 8.54. The zero-order chi connectivity index (χ0) is 26.9. The Labute approximate surface area is 220 Å². The van der Waals surface area contributed by atoms with Crippen molar-refractivity contribution in [3.05, 3.63) is 53.3 Å². The molecule has 10 heteroatoms. The van der Waals surface area contributed by atoms with Crippen molar-refractivity contribution in [2.24, 2.45) is 0 Å². The average molecular weight is 534 g/mol. The number of likely N-dealkylation sites (tertiary alicyclic amines) is 1. The van der Waals surface area contributed by atoms with E-state index in [4.69, 9.17) is 14.2 Å². The molecule has 3 aliphatic rings. The van der Waals surface area contributed by atoms with Crippen LogP contribution in [0, 0.1) is 17.5 Å². The van der Waals surface area contributed by atoms with Crippen molar-refractivity contribution in [2.75, 3.05) is 39.3 Å². The summed E-state index contributed by atoms with van der Waals surface area (Å²) < 4.78 is 57.7. The Hall–Kier alpha value is -2.98. The zero-order valence-electron chi connectivity index (χ0n) is 21.7. The van der Waals surface area contributed by atoms with Crippen molar-refractivity contribution in [1.82, 2.24) is 10.2 Å². The Kier molecular flexibility index (Phi) is 7.72. The number of nitrogens with zero attached hydrogens (tertiary/aromatic N) is 1. The summed E-state index contributed by atoms with van der Waals surface area (Å²) in [6.07, 6.45) is 5.19. The highest BCUT2D eigenvalue weighted by atomic mass is 19.2. The van der Waals surface area contributed by atoms with Gasteiger partial charge in [0.2, 0.25) is 0 Å². The van der Waals surface area contributed by atoms with Crippen molar-refractivity contribution in [3.63, 3.8) is 0 Å². The molecule has 3 atom stereocenters. The summed E-state index contributed by atoms with van der Waals surface area (Å²) >= 11 is 0. The van der Waals surface area contributed by atoms with Gasteiger partial charge in [-0.15, -0.1) is 0 Å². The van der Waals surface area contributed by atoms with Crippen LogP contribution in [0.3, 0.4) is 0 Å². The van der Waals surface area contributed by atoms with Gasteiger partial charge in [-0.25, -0.2) is 18.0 Å². The summed E-state index contributed by atoms with van der Waals surface area (Å²) in [5.41, 5.74) is 0.682. The number of halogens is 3. The highest BCUT2D eigenvalue weighted by Crippen LogP contribution is 2.51. The van der Waals surface area contributed by atoms with Gasteiger partial charge in [0, 0.05) is 36.8 Å². The number of fused-ring (bicyclic) bond motifs is 1. The van der Waals surface area contributed by atoms with Gasteiger partial charge in [0.1, 0.15) is 0 Å². The van der Waals surface area contributed by atoms with E-state index >= 15 is 0 Å². The maximum absolute atomic E-state index is 14.1. The Morgan fingerprint density at radius 3 is 2.50 bits per heavy atom. The molecular weight excluding hydrogens is 499 g/mol. The fourth-order valence-corrected chi connectivity index (χ4v) is 6.62. The van der Waals surface area contributed by atoms with Crippen molar-refractivity contribution < 1.29 is 32.2 Å². The number of rotatable bonds is 6. The number of carbonyl (C=O) groups is 1. The van der Waals surface area contributed by atoms with Gasteiger partial charge in [-0.05, 0) is 74.9 Å². The normalized spacial score (nSPS) is 26.0. The molecule has 0 radical (unpaired) electrons. The van der Waals surface area contributed by atoms with Crippen LogP contribution in [0.25, 0.3) is 0 Å². The van der Waals surface area contributed by atoms with Crippen LogP contribution in [0.4, 0.5) is 23.7 Å². The summed E-state index contributed by atoms with van der Waals surface area (Å²) in [6, 6.07) is 7.71. The van der Waals surface area contributed by atoms with E-state index in [0.29, 0.717) is 24.0 Å². The summed E-state index contributed by atoms with van der Waals surface area (Å²) in [5.74, 6) is -2.96. The number of anilines is 1. The molecule has 2 aromatic carbocycles. The number of carbonyl (C=O) groups excluding carboxylic acids is 1. The molecule has 0 aromatic heterocycles. The molecule has 0 bridgehead atoms. The number of hydrogen-bond acceptors (Lipinski definition) is 5. The molecule has 0 spiro atoms. The third kappa shape index (κ3) is 4.91. The predicted octanol–water partition coefficient (Wildman–Crippen LogP) is 4.99. The molecular formula is C28H34F3N3O4. The minimum absolute atomic E-state index is 0.112. The van der Waals surface area contributed by atoms with Crippen molar-refractivity contribution in [1.29, 1.82) is 0 Å². The van der Waals surface area contributed by atoms with Crippen molar-refractivity contribution >= 4 is 11.7 Å². The van der Waals surface area contributed by atoms with Crippen molar-refractivity contribution in [3.8, 4) is 11.5 Å². The topological polar surface area (TPSA) is 72.1 Å². The number of amides is 2. The largest absolute Gasteiger partial charge is 0.493 e. The molecule has 2 amide bonds. The van der Waals surface area contributed by atoms with Crippen LogP contribution in [-0.4, -0.2) is 63.0 Å². The van der Waals surface area contributed by atoms with Crippen LogP contribution in [0.1, 0.15) is 44.1 Å². The Morgan fingerprint density at radius 2 is 1.76 bits per heavy atom. The van der Waals surface area contributed by atoms with Crippen LogP contribution in [0.5, 0.6) is 11.5 Å². The first-order chi connectivity index (χ1) is 18.4. The van der Waals surface area contributed by atoms with Crippen LogP contribution in [0.15, 0.2) is 30.3 Å². The van der Waals surface area contributed by atoms with Gasteiger partial charge >= 0.3 is 6.03 Å². The fraction of sp³-hybridized carbons (Fsp3) is 0.536. The molecule has 38 heavy (non-hydrogen) atoms. The number of nitrogens with one attached hydrogen (secondary N) is 2. The number of urea groups is 1. The fourth-order valence-electron chi connectivity index (χ4n) is 6.62. The number of benzene rings is 2. The molecule has 2 saturated heterocycles. The quantitative estimate of drug-likeness (QED) is 0.513. The maximum Gasteiger partial charge on any atom is 0.319 e. The molecule has 1 aliphatic carbocycles. The lowest BCUT2D eigenvalue weighted by atomic mass is 9.65. The second-order valence-electron chi connectivity index (χ2n) is 10.4. The number of methoxy groups -OCH3 is 2. The smallest absolute Gasteiger partial charge is 0.319 e. The van der Waals surface area contributed by atoms with Crippen LogP contribution in [-0.2, 0) is 10.2 Å². The third-order valence-electron chi connectivity index (χ3n) is 8.54. The SMILES string of the molecule is COc1ccc([C@@]23CC[C@@H](NC(=O)Nc4ccc(F)c(F)c4F)C[C@@H]2N(C2CCOCC2)CC3)cc1OC. The molecule has 2 aromatic rings. The summed E-state index contributed by atoms with van der Waals surface area (Å²) in [6.45, 7) is 2.42. The van der Waals surface area contributed by atoms with Gasteiger partial charge in [-0.1, -0.05) is 6.07 Å². The number of hydrogen-bond donors (Lipinski definition) is 2. The first-order valence-electron chi connectivity index (χ1n) is 13.1. The molecule has 2 heterocycles. The summed E-state index contributed by atoms with van der Waals surface area (Å²) in [7, 11) is 3.25. The second-order valence-corrected chi connectivity index (χ2v) is 10.4. The Bertz CT molecular complexity index is 1180. The van der Waals surface area contributed by atoms with Gasteiger partial charge in [0.15, 0.2) is 29.0 Å². The van der Waals surface area contributed by atoms with Crippen LogP contribution in [0.2, 0.25) is 0 Å². The molecule has 7 nitrogen and oxygen atoms in total. The van der Waals surface area contributed by atoms with Gasteiger partial charge in [0.25, 0.3) is 0 Å². The van der Waals surface area contributed by atoms with Crippen molar-refractivity contribution in [2.45, 2.75) is 62.1 Å². The summed E-state index contributed by atoms with van der Waals surface area (Å²) in [4.78, 5) is 15.3. The second kappa shape index (κ2) is 11.0. The van der Waals surface area contributed by atoms with E-state index < -0.39 is 29.2 Å². The lowest BCUT2D eigenvalue weighted by Crippen LogP contribution is -2.55. The minimum atomic E-state index is -1.61. The lowest BCUT2D eigenvalue weighted by Gasteiger charge is -2.47. The molecule has 206 valence electrons. The first-order valence-corrected chi connectivity index (χ1v) is 13.1. The van der Waals surface area contributed by atoms with E-state index in [1.54, 1.807) is 14.2 Å². The van der Waals surface area contributed by atoms with Gasteiger partial charge in [-0.2, -0.15) is 0 Å². The standard InChI is InChI=1S/C28H34F3N3O4/c1-36-22-6-3-17(15-23(22)37-2)28-10-7-18(16-24(28)34(12-11-28)19-8-13-38-14-9-19)32-27(35)33-21-5-4-20(29)25(30)26(21)31/h3-6,15,18-19,24H,7-14,16H2,1-2H3,(H2,32,33,35)/t18-,24+,28+/m1/s1. The van der Waals surface area contributed by atoms with Gasteiger partial charge in [0.05, 0.1) is 19.9 Å². The molecule has 2 N–H and O–H groups in total. The Morgan fingerprint density at radius 1 is 1.00 bits per heavy atom. The minimum Gasteiger partial charge on any atom is -0.493 e. The van der Waals surface area contributed by atoms with E-state index in [0.717, 1.165) is 64.0 Å². The first kappa shape index (κ1) is 26.6. The van der Waals surface area contributed by atoms with Gasteiger partial charge < -0.3 is 24.8 Å². The molecule has 2 aliphatic heterocycles. The summed E-state index contributed by atoms with van der Waals surface area (Å²) in [5, 5.41) is 5.28. The molecule has 0 unspecified atom stereocenters. The van der Waals surface area contributed by atoms with Crippen LogP contribution >= 0.6 is 0 Å². The van der Waals surface area contributed by atoms with E-state index in [1.807, 2.05) is 6.07 Å². The monoisotopic (exact) mass is 533 g/mol. The predicted molar refractivity (Wildman–Crippen MR) is 136 cm³/mol.